The minimum atomic E-state index is 0.479. The van der Waals surface area contributed by atoms with Crippen LogP contribution in [-0.2, 0) is 12.8 Å². The number of nitrogens with two attached hydrogens (primary N) is 1. The molecule has 3 rings (SSSR count). The molecule has 0 aromatic carbocycles. The Morgan fingerprint density at radius 3 is 2.57 bits per heavy atom. The average molecular weight is 303 g/mol. The summed E-state index contributed by atoms with van der Waals surface area (Å²) in [4.78, 5) is 7.76. The molecule has 1 fully saturated rings. The average Bonchev–Trinajstić information content (AvgIpc) is 2.76. The fourth-order valence-corrected chi connectivity index (χ4v) is 3.88. The van der Waals surface area contributed by atoms with Crippen molar-refractivity contribution >= 4 is 23.0 Å². The zero-order chi connectivity index (χ0) is 14.8. The predicted molar refractivity (Wildman–Crippen MR) is 92.0 cm³/mol. The van der Waals surface area contributed by atoms with Crippen LogP contribution >= 0.6 is 12.2 Å². The number of rotatable bonds is 3. The summed E-state index contributed by atoms with van der Waals surface area (Å²) in [5.74, 6) is 1.01. The fraction of sp³-hybridized carbons (Fsp3) is 0.647. The number of hydrogen-bond donors (Lipinski definition) is 1. The van der Waals surface area contributed by atoms with E-state index in [1.807, 2.05) is 0 Å². The van der Waals surface area contributed by atoms with Crippen LogP contribution < -0.4 is 10.6 Å². The molecule has 1 aromatic heterocycles. The van der Waals surface area contributed by atoms with Crippen molar-refractivity contribution in [2.75, 3.05) is 11.9 Å². The van der Waals surface area contributed by atoms with Gasteiger partial charge in [-0.3, -0.25) is 0 Å². The van der Waals surface area contributed by atoms with Crippen LogP contribution in [0.3, 0.4) is 0 Å². The molecular weight excluding hydrogens is 278 g/mol. The topological polar surface area (TPSA) is 42.2 Å². The van der Waals surface area contributed by atoms with Crippen molar-refractivity contribution in [3.05, 3.63) is 22.9 Å². The number of aryl methyl sites for hydroxylation is 2. The second kappa shape index (κ2) is 6.30. The molecule has 0 saturated heterocycles. The summed E-state index contributed by atoms with van der Waals surface area (Å²) in [6, 6.07) is 2.77. The van der Waals surface area contributed by atoms with Gasteiger partial charge in [-0.25, -0.2) is 4.98 Å². The molecular formula is C17H25N3S. The molecule has 114 valence electrons. The smallest absolute Gasteiger partial charge is 0.139 e. The van der Waals surface area contributed by atoms with Gasteiger partial charge in [-0.1, -0.05) is 37.9 Å². The van der Waals surface area contributed by atoms with Crippen LogP contribution in [0.5, 0.6) is 0 Å². The van der Waals surface area contributed by atoms with Crippen LogP contribution in [-0.4, -0.2) is 23.1 Å². The zero-order valence-electron chi connectivity index (χ0n) is 12.9. The van der Waals surface area contributed by atoms with E-state index < -0.39 is 0 Å². The lowest BCUT2D eigenvalue weighted by atomic mass is 10.1. The lowest BCUT2D eigenvalue weighted by Crippen LogP contribution is -2.34. The highest BCUT2D eigenvalue weighted by molar-refractivity contribution is 7.80. The van der Waals surface area contributed by atoms with Crippen LogP contribution in [0.25, 0.3) is 0 Å². The van der Waals surface area contributed by atoms with E-state index in [0.717, 1.165) is 24.2 Å². The van der Waals surface area contributed by atoms with Crippen molar-refractivity contribution in [3.8, 4) is 0 Å². The van der Waals surface area contributed by atoms with E-state index in [2.05, 4.69) is 18.0 Å². The Labute approximate surface area is 132 Å². The molecule has 2 N–H and O–H groups in total. The maximum atomic E-state index is 5.97. The van der Waals surface area contributed by atoms with E-state index in [4.69, 9.17) is 22.9 Å². The van der Waals surface area contributed by atoms with Gasteiger partial charge in [0.25, 0.3) is 0 Å². The van der Waals surface area contributed by atoms with E-state index in [9.17, 15) is 0 Å². The molecule has 2 aliphatic carbocycles. The zero-order valence-corrected chi connectivity index (χ0v) is 13.7. The second-order valence-corrected chi connectivity index (χ2v) is 6.88. The Kier molecular flexibility index (Phi) is 4.43. The van der Waals surface area contributed by atoms with Gasteiger partial charge in [0.1, 0.15) is 10.8 Å². The first-order valence-corrected chi connectivity index (χ1v) is 8.63. The quantitative estimate of drug-likeness (QED) is 0.687. The molecule has 1 aromatic rings. The van der Waals surface area contributed by atoms with Crippen LogP contribution in [0.15, 0.2) is 6.07 Å². The van der Waals surface area contributed by atoms with Crippen molar-refractivity contribution in [2.45, 2.75) is 63.8 Å². The number of aromatic nitrogens is 1. The minimum absolute atomic E-state index is 0.479. The second-order valence-electron chi connectivity index (χ2n) is 6.44. The van der Waals surface area contributed by atoms with Crippen molar-refractivity contribution in [1.82, 2.24) is 4.98 Å². The molecule has 0 aliphatic heterocycles. The third-order valence-electron chi connectivity index (χ3n) is 5.00. The maximum absolute atomic E-state index is 5.97. The van der Waals surface area contributed by atoms with Gasteiger partial charge in [0, 0.05) is 18.8 Å². The Balaban J connectivity index is 1.93. The molecule has 0 spiro atoms. The third-order valence-corrected chi connectivity index (χ3v) is 5.22. The maximum Gasteiger partial charge on any atom is 0.139 e. The van der Waals surface area contributed by atoms with E-state index in [-0.39, 0.29) is 0 Å². The standard InChI is InChI=1S/C17H25N3S/c1-20(13-8-4-2-3-5-9-13)17-14(16(18)21)11-12-7-6-10-15(12)19-17/h11,13H,2-10H2,1H3,(H2,18,21). The third kappa shape index (κ3) is 3.05. The molecule has 0 unspecified atom stereocenters. The van der Waals surface area contributed by atoms with Crippen LogP contribution in [0.1, 0.15) is 61.8 Å². The van der Waals surface area contributed by atoms with Gasteiger partial charge in [0.2, 0.25) is 0 Å². The number of pyridine rings is 1. The summed E-state index contributed by atoms with van der Waals surface area (Å²) in [5.41, 5.74) is 9.54. The first-order valence-electron chi connectivity index (χ1n) is 8.22. The van der Waals surface area contributed by atoms with Gasteiger partial charge in [-0.15, -0.1) is 0 Å². The molecule has 0 atom stereocenters. The van der Waals surface area contributed by atoms with Crippen molar-refractivity contribution in [3.63, 3.8) is 0 Å². The number of fused-ring (bicyclic) bond motifs is 1. The lowest BCUT2D eigenvalue weighted by Gasteiger charge is -2.30. The Morgan fingerprint density at radius 1 is 1.19 bits per heavy atom. The highest BCUT2D eigenvalue weighted by Crippen LogP contribution is 2.30. The summed E-state index contributed by atoms with van der Waals surface area (Å²) in [7, 11) is 2.17. The molecule has 3 nitrogen and oxygen atoms in total. The number of hydrogen-bond acceptors (Lipinski definition) is 3. The van der Waals surface area contributed by atoms with Crippen LogP contribution in [0, 0.1) is 0 Å². The van der Waals surface area contributed by atoms with E-state index in [1.54, 1.807) is 0 Å². The first-order chi connectivity index (χ1) is 10.2. The molecule has 21 heavy (non-hydrogen) atoms. The number of thiocarbonyl (C=S) groups is 1. The van der Waals surface area contributed by atoms with Crippen molar-refractivity contribution in [2.24, 2.45) is 5.73 Å². The first kappa shape index (κ1) is 14.8. The van der Waals surface area contributed by atoms with Gasteiger partial charge in [0.05, 0.1) is 5.56 Å². The molecule has 1 saturated carbocycles. The SMILES string of the molecule is CN(c1nc2c(cc1C(N)=S)CCC2)C1CCCCCC1. The lowest BCUT2D eigenvalue weighted by molar-refractivity contribution is 0.548. The Morgan fingerprint density at radius 2 is 1.90 bits per heavy atom. The van der Waals surface area contributed by atoms with Gasteiger partial charge in [-0.05, 0) is 43.7 Å². The molecule has 4 heteroatoms. The van der Waals surface area contributed by atoms with Crippen molar-refractivity contribution in [1.29, 1.82) is 0 Å². The highest BCUT2D eigenvalue weighted by Gasteiger charge is 2.24. The highest BCUT2D eigenvalue weighted by atomic mass is 32.1. The Hall–Kier alpha value is -1.16. The van der Waals surface area contributed by atoms with Gasteiger partial charge >= 0.3 is 0 Å². The predicted octanol–water partition coefficient (Wildman–Crippen LogP) is 3.36. The van der Waals surface area contributed by atoms with Gasteiger partial charge in [-0.2, -0.15) is 0 Å². The number of anilines is 1. The molecule has 0 bridgehead atoms. The van der Waals surface area contributed by atoms with E-state index >= 15 is 0 Å². The summed E-state index contributed by atoms with van der Waals surface area (Å²) >= 11 is 5.28. The van der Waals surface area contributed by atoms with Crippen LogP contribution in [0.2, 0.25) is 0 Å². The molecule has 2 aliphatic rings. The minimum Gasteiger partial charge on any atom is -0.389 e. The number of nitrogens with zero attached hydrogens (tertiary/aromatic N) is 2. The summed E-state index contributed by atoms with van der Waals surface area (Å²) in [6.07, 6.45) is 11.3. The van der Waals surface area contributed by atoms with E-state index in [0.29, 0.717) is 11.0 Å². The summed E-state index contributed by atoms with van der Waals surface area (Å²) in [5, 5.41) is 0. The van der Waals surface area contributed by atoms with E-state index in [1.165, 1.54) is 56.2 Å². The fourth-order valence-electron chi connectivity index (χ4n) is 3.73. The molecule has 0 amide bonds. The normalized spacial score (nSPS) is 19.1. The molecule has 0 radical (unpaired) electrons. The summed E-state index contributed by atoms with van der Waals surface area (Å²) < 4.78 is 0. The molecule has 1 heterocycles. The summed E-state index contributed by atoms with van der Waals surface area (Å²) in [6.45, 7) is 0. The largest absolute Gasteiger partial charge is 0.389 e. The monoisotopic (exact) mass is 303 g/mol. The Bertz CT molecular complexity index is 533. The van der Waals surface area contributed by atoms with Gasteiger partial charge in [0.15, 0.2) is 0 Å². The van der Waals surface area contributed by atoms with Crippen LogP contribution in [0.4, 0.5) is 5.82 Å². The van der Waals surface area contributed by atoms with Crippen molar-refractivity contribution < 1.29 is 0 Å². The van der Waals surface area contributed by atoms with Gasteiger partial charge < -0.3 is 10.6 Å².